The molecule has 0 saturated carbocycles. The molecule has 0 bridgehead atoms. The van der Waals surface area contributed by atoms with Gasteiger partial charge in [-0.3, -0.25) is 4.72 Å². The number of aromatic nitrogens is 2. The summed E-state index contributed by atoms with van der Waals surface area (Å²) in [6.45, 7) is 3.65. The lowest BCUT2D eigenvalue weighted by molar-refractivity contribution is 0.600. The Bertz CT molecular complexity index is 699. The summed E-state index contributed by atoms with van der Waals surface area (Å²) in [6.07, 6.45) is 0. The number of hydrogen-bond donors (Lipinski definition) is 1. The zero-order valence-electron chi connectivity index (χ0n) is 10.4. The number of benzene rings is 1. The molecule has 2 aromatic rings. The van der Waals surface area contributed by atoms with Crippen molar-refractivity contribution in [1.82, 2.24) is 10.2 Å². The number of sulfonamides is 1. The Balaban J connectivity index is 2.35. The van der Waals surface area contributed by atoms with Crippen LogP contribution in [-0.2, 0) is 10.0 Å². The van der Waals surface area contributed by atoms with Crippen LogP contribution in [0, 0.1) is 13.8 Å². The van der Waals surface area contributed by atoms with Gasteiger partial charge in [0.1, 0.15) is 0 Å². The Morgan fingerprint density at radius 3 is 2.42 bits per heavy atom. The van der Waals surface area contributed by atoms with Gasteiger partial charge in [-0.2, -0.15) is 0 Å². The van der Waals surface area contributed by atoms with E-state index in [0.717, 1.165) is 5.56 Å². The van der Waals surface area contributed by atoms with Crippen molar-refractivity contribution in [3.63, 3.8) is 0 Å². The highest BCUT2D eigenvalue weighted by Crippen LogP contribution is 2.19. The monoisotopic (exact) mass is 297 g/mol. The van der Waals surface area contributed by atoms with Crippen LogP contribution in [0.3, 0.4) is 0 Å². The molecule has 5 nitrogen and oxygen atoms in total. The number of aryl methyl sites for hydroxylation is 2. The van der Waals surface area contributed by atoms with Gasteiger partial charge in [-0.15, -0.1) is 10.2 Å². The van der Waals surface area contributed by atoms with Crippen molar-refractivity contribution >= 4 is 27.4 Å². The molecule has 0 spiro atoms. The first-order chi connectivity index (χ1) is 8.88. The molecule has 0 amide bonds. The number of halogens is 1. The molecule has 1 N–H and O–H groups in total. The quantitative estimate of drug-likeness (QED) is 0.945. The standard InChI is InChI=1S/C12H12ClN3O2S/c1-8-3-4-10(9(2)7-8)19(17,18)16-12-6-5-11(13)14-15-12/h3-7H,1-2H3,(H,15,16). The maximum absolute atomic E-state index is 12.2. The molecular formula is C12H12ClN3O2S. The second-order valence-corrected chi connectivity index (χ2v) is 6.15. The van der Waals surface area contributed by atoms with Crippen LogP contribution < -0.4 is 4.72 Å². The molecular weight excluding hydrogens is 286 g/mol. The Hall–Kier alpha value is -1.66. The highest BCUT2D eigenvalue weighted by atomic mass is 35.5. The van der Waals surface area contributed by atoms with Crippen LogP contribution in [0.2, 0.25) is 5.15 Å². The van der Waals surface area contributed by atoms with Gasteiger partial charge < -0.3 is 0 Å². The van der Waals surface area contributed by atoms with Gasteiger partial charge in [0.2, 0.25) is 0 Å². The highest BCUT2D eigenvalue weighted by Gasteiger charge is 2.17. The maximum Gasteiger partial charge on any atom is 0.263 e. The summed E-state index contributed by atoms with van der Waals surface area (Å²) in [5, 5.41) is 7.45. The van der Waals surface area contributed by atoms with Crippen LogP contribution in [-0.4, -0.2) is 18.6 Å². The van der Waals surface area contributed by atoms with Crippen LogP contribution in [0.1, 0.15) is 11.1 Å². The average molecular weight is 298 g/mol. The predicted molar refractivity (Wildman–Crippen MR) is 73.8 cm³/mol. The Kier molecular flexibility index (Phi) is 3.73. The number of nitrogens with zero attached hydrogens (tertiary/aromatic N) is 2. The van der Waals surface area contributed by atoms with E-state index >= 15 is 0 Å². The second-order valence-electron chi connectivity index (χ2n) is 4.12. The first-order valence-corrected chi connectivity index (χ1v) is 7.34. The van der Waals surface area contributed by atoms with E-state index in [1.165, 1.54) is 12.1 Å². The first-order valence-electron chi connectivity index (χ1n) is 5.48. The lowest BCUT2D eigenvalue weighted by Gasteiger charge is -2.09. The minimum absolute atomic E-state index is 0.129. The zero-order valence-corrected chi connectivity index (χ0v) is 12.0. The van der Waals surface area contributed by atoms with Gasteiger partial charge >= 0.3 is 0 Å². The van der Waals surface area contributed by atoms with Crippen LogP contribution in [0.5, 0.6) is 0 Å². The summed E-state index contributed by atoms with van der Waals surface area (Å²) in [5.74, 6) is 0.129. The van der Waals surface area contributed by atoms with Crippen molar-refractivity contribution in [2.24, 2.45) is 0 Å². The van der Waals surface area contributed by atoms with Crippen LogP contribution in [0.4, 0.5) is 5.82 Å². The SMILES string of the molecule is Cc1ccc(S(=O)(=O)Nc2ccc(Cl)nn2)c(C)c1. The molecule has 2 rings (SSSR count). The largest absolute Gasteiger partial charge is 0.263 e. The van der Waals surface area contributed by atoms with E-state index in [2.05, 4.69) is 14.9 Å². The molecule has 100 valence electrons. The average Bonchev–Trinajstić information content (AvgIpc) is 2.31. The molecule has 19 heavy (non-hydrogen) atoms. The molecule has 0 aliphatic rings. The molecule has 0 atom stereocenters. The molecule has 0 radical (unpaired) electrons. The summed E-state index contributed by atoms with van der Waals surface area (Å²) in [5.41, 5.74) is 1.68. The van der Waals surface area contributed by atoms with E-state index in [1.54, 1.807) is 19.1 Å². The fourth-order valence-electron chi connectivity index (χ4n) is 1.66. The van der Waals surface area contributed by atoms with Crippen LogP contribution >= 0.6 is 11.6 Å². The van der Waals surface area contributed by atoms with Gasteiger partial charge in [0, 0.05) is 0 Å². The number of rotatable bonds is 3. The van der Waals surface area contributed by atoms with Crippen molar-refractivity contribution < 1.29 is 8.42 Å². The summed E-state index contributed by atoms with van der Waals surface area (Å²) in [7, 11) is -3.67. The normalized spacial score (nSPS) is 11.3. The van der Waals surface area contributed by atoms with Crippen LogP contribution in [0.25, 0.3) is 0 Å². The number of hydrogen-bond acceptors (Lipinski definition) is 4. The van der Waals surface area contributed by atoms with Crippen LogP contribution in [0.15, 0.2) is 35.2 Å². The summed E-state index contributed by atoms with van der Waals surface area (Å²) in [6, 6.07) is 8.04. The Morgan fingerprint density at radius 2 is 1.84 bits per heavy atom. The predicted octanol–water partition coefficient (Wildman–Crippen LogP) is 2.55. The van der Waals surface area contributed by atoms with Gasteiger partial charge in [0.25, 0.3) is 10.0 Å². The van der Waals surface area contributed by atoms with Crippen molar-refractivity contribution in [3.05, 3.63) is 46.6 Å². The molecule has 0 fully saturated rings. The van der Waals surface area contributed by atoms with Gasteiger partial charge in [-0.1, -0.05) is 29.3 Å². The summed E-state index contributed by atoms with van der Waals surface area (Å²) in [4.78, 5) is 0.217. The lowest BCUT2D eigenvalue weighted by Crippen LogP contribution is -2.15. The highest BCUT2D eigenvalue weighted by molar-refractivity contribution is 7.92. The third-order valence-electron chi connectivity index (χ3n) is 2.49. The zero-order chi connectivity index (χ0) is 14.0. The third-order valence-corrected chi connectivity index (χ3v) is 4.21. The molecule has 0 aliphatic heterocycles. The minimum Gasteiger partial charge on any atom is -0.262 e. The van der Waals surface area contributed by atoms with Gasteiger partial charge in [0.15, 0.2) is 11.0 Å². The maximum atomic E-state index is 12.2. The molecule has 1 aromatic heterocycles. The van der Waals surface area contributed by atoms with Crippen molar-refractivity contribution in [2.45, 2.75) is 18.7 Å². The van der Waals surface area contributed by atoms with E-state index in [4.69, 9.17) is 11.6 Å². The Morgan fingerprint density at radius 1 is 1.11 bits per heavy atom. The number of anilines is 1. The summed E-state index contributed by atoms with van der Waals surface area (Å²) < 4.78 is 26.8. The van der Waals surface area contributed by atoms with E-state index in [1.807, 2.05) is 13.0 Å². The minimum atomic E-state index is -3.67. The fraction of sp³-hybridized carbons (Fsp3) is 0.167. The second kappa shape index (κ2) is 5.14. The van der Waals surface area contributed by atoms with Gasteiger partial charge in [0.05, 0.1) is 4.90 Å². The topological polar surface area (TPSA) is 72.0 Å². The molecule has 0 aliphatic carbocycles. The number of nitrogens with one attached hydrogen (secondary N) is 1. The molecule has 1 heterocycles. The molecule has 7 heteroatoms. The van der Waals surface area contributed by atoms with E-state index in [-0.39, 0.29) is 15.9 Å². The van der Waals surface area contributed by atoms with Gasteiger partial charge in [-0.05, 0) is 37.6 Å². The van der Waals surface area contributed by atoms with Crippen molar-refractivity contribution in [1.29, 1.82) is 0 Å². The first kappa shape index (κ1) is 13.8. The Labute approximate surface area is 116 Å². The van der Waals surface area contributed by atoms with Gasteiger partial charge in [-0.25, -0.2) is 8.42 Å². The fourth-order valence-corrected chi connectivity index (χ4v) is 2.99. The van der Waals surface area contributed by atoms with E-state index < -0.39 is 10.0 Å². The smallest absolute Gasteiger partial charge is 0.262 e. The molecule has 1 aromatic carbocycles. The lowest BCUT2D eigenvalue weighted by atomic mass is 10.2. The van der Waals surface area contributed by atoms with Crippen molar-refractivity contribution in [2.75, 3.05) is 4.72 Å². The summed E-state index contributed by atoms with van der Waals surface area (Å²) >= 11 is 5.59. The van der Waals surface area contributed by atoms with Crippen molar-refractivity contribution in [3.8, 4) is 0 Å². The van der Waals surface area contributed by atoms with E-state index in [9.17, 15) is 8.42 Å². The third kappa shape index (κ3) is 3.21. The molecule has 0 saturated heterocycles. The molecule has 0 unspecified atom stereocenters. The van der Waals surface area contributed by atoms with E-state index in [0.29, 0.717) is 5.56 Å².